The maximum atomic E-state index is 12.4. The number of carbonyl (C=O) groups excluding carboxylic acids is 1. The summed E-state index contributed by atoms with van der Waals surface area (Å²) in [6.07, 6.45) is 1.75. The third kappa shape index (κ3) is 3.55. The first kappa shape index (κ1) is 14.0. The topological polar surface area (TPSA) is 49.8 Å². The van der Waals surface area contributed by atoms with E-state index in [-0.39, 0.29) is 5.91 Å². The Morgan fingerprint density at radius 3 is 2.79 bits per heavy atom. The highest BCUT2D eigenvalue weighted by Crippen LogP contribution is 2.32. The van der Waals surface area contributed by atoms with E-state index in [0.29, 0.717) is 24.6 Å². The molecule has 19 heavy (non-hydrogen) atoms. The zero-order valence-corrected chi connectivity index (χ0v) is 11.5. The molecule has 1 fully saturated rings. The lowest BCUT2D eigenvalue weighted by Crippen LogP contribution is -2.35. The van der Waals surface area contributed by atoms with Crippen LogP contribution in [0.5, 0.6) is 0 Å². The van der Waals surface area contributed by atoms with Gasteiger partial charge in [0.1, 0.15) is 0 Å². The molecule has 1 N–H and O–H groups in total. The third-order valence-corrected chi connectivity index (χ3v) is 3.52. The van der Waals surface area contributed by atoms with Crippen LogP contribution in [0, 0.1) is 5.92 Å². The number of methoxy groups -OCH3 is 1. The van der Waals surface area contributed by atoms with Gasteiger partial charge in [-0.25, -0.2) is 0 Å². The lowest BCUT2D eigenvalue weighted by atomic mass is 10.1. The highest BCUT2D eigenvalue weighted by Gasteiger charge is 2.31. The van der Waals surface area contributed by atoms with Crippen molar-refractivity contribution in [3.05, 3.63) is 35.4 Å². The van der Waals surface area contributed by atoms with Crippen LogP contribution in [0.25, 0.3) is 0 Å². The molecule has 1 aliphatic rings. The Morgan fingerprint density at radius 2 is 2.16 bits per heavy atom. The van der Waals surface area contributed by atoms with Gasteiger partial charge in [0.2, 0.25) is 0 Å². The van der Waals surface area contributed by atoms with Crippen LogP contribution in [0.15, 0.2) is 24.3 Å². The van der Waals surface area contributed by atoms with Gasteiger partial charge in [0.25, 0.3) is 5.91 Å². The van der Waals surface area contributed by atoms with Gasteiger partial charge in [-0.05, 0) is 30.4 Å². The quantitative estimate of drug-likeness (QED) is 0.849. The lowest BCUT2D eigenvalue weighted by molar-refractivity contribution is 0.0641. The number of aliphatic hydroxyl groups is 1. The predicted octanol–water partition coefficient (Wildman–Crippen LogP) is 1.68. The van der Waals surface area contributed by atoms with Crippen LogP contribution in [0.3, 0.4) is 0 Å². The molecule has 1 aliphatic carbocycles. The number of aliphatic hydroxyl groups excluding tert-OH is 1. The number of ether oxygens (including phenoxy) is 1. The number of rotatable bonds is 6. The predicted molar refractivity (Wildman–Crippen MR) is 72.8 cm³/mol. The standard InChI is InChI=1S/C15H21NO3/c1-16(9-14(17)11-7-8-11)15(18)13-6-4-3-5-12(13)10-19-2/h3-6,11,14,17H,7-10H2,1-2H3. The van der Waals surface area contributed by atoms with E-state index in [1.165, 1.54) is 0 Å². The van der Waals surface area contributed by atoms with Crippen molar-refractivity contribution >= 4 is 5.91 Å². The Balaban J connectivity index is 2.05. The van der Waals surface area contributed by atoms with E-state index < -0.39 is 6.10 Å². The number of hydrogen-bond donors (Lipinski definition) is 1. The summed E-state index contributed by atoms with van der Waals surface area (Å²) in [6, 6.07) is 7.43. The van der Waals surface area contributed by atoms with Gasteiger partial charge in [0.05, 0.1) is 12.7 Å². The zero-order valence-electron chi connectivity index (χ0n) is 11.5. The first-order valence-corrected chi connectivity index (χ1v) is 6.64. The van der Waals surface area contributed by atoms with Crippen molar-refractivity contribution < 1.29 is 14.6 Å². The molecule has 1 atom stereocenters. The van der Waals surface area contributed by atoms with E-state index in [2.05, 4.69) is 0 Å². The first-order valence-electron chi connectivity index (χ1n) is 6.64. The fraction of sp³-hybridized carbons (Fsp3) is 0.533. The molecule has 1 aromatic rings. The SMILES string of the molecule is COCc1ccccc1C(=O)N(C)CC(O)C1CC1. The fourth-order valence-corrected chi connectivity index (χ4v) is 2.21. The number of hydrogen-bond acceptors (Lipinski definition) is 3. The van der Waals surface area contributed by atoms with Gasteiger partial charge in [-0.3, -0.25) is 4.79 Å². The average Bonchev–Trinajstić information content (AvgIpc) is 3.23. The molecule has 2 rings (SSSR count). The number of carbonyl (C=O) groups is 1. The molecule has 0 bridgehead atoms. The molecule has 0 aliphatic heterocycles. The summed E-state index contributed by atoms with van der Waals surface area (Å²) < 4.78 is 5.11. The molecule has 0 radical (unpaired) electrons. The van der Waals surface area contributed by atoms with Gasteiger partial charge in [-0.15, -0.1) is 0 Å². The Bertz CT molecular complexity index is 443. The van der Waals surface area contributed by atoms with Gasteiger partial charge in [-0.1, -0.05) is 18.2 Å². The molecule has 0 spiro atoms. The van der Waals surface area contributed by atoms with Crippen molar-refractivity contribution in [2.24, 2.45) is 5.92 Å². The monoisotopic (exact) mass is 263 g/mol. The van der Waals surface area contributed by atoms with E-state index in [0.717, 1.165) is 18.4 Å². The Kier molecular flexibility index (Phi) is 4.56. The van der Waals surface area contributed by atoms with Crippen LogP contribution in [0.1, 0.15) is 28.8 Å². The van der Waals surface area contributed by atoms with Crippen molar-refractivity contribution in [3.63, 3.8) is 0 Å². The largest absolute Gasteiger partial charge is 0.391 e. The first-order chi connectivity index (χ1) is 9.13. The normalized spacial score (nSPS) is 16.2. The second kappa shape index (κ2) is 6.17. The molecular formula is C15H21NO3. The van der Waals surface area contributed by atoms with Crippen LogP contribution in [0.2, 0.25) is 0 Å². The molecule has 1 saturated carbocycles. The summed E-state index contributed by atoms with van der Waals surface area (Å²) in [5.41, 5.74) is 1.53. The van der Waals surface area contributed by atoms with E-state index in [9.17, 15) is 9.90 Å². The number of amides is 1. The molecular weight excluding hydrogens is 242 g/mol. The highest BCUT2D eigenvalue weighted by molar-refractivity contribution is 5.95. The van der Waals surface area contributed by atoms with Gasteiger partial charge < -0.3 is 14.7 Å². The third-order valence-electron chi connectivity index (χ3n) is 3.52. The highest BCUT2D eigenvalue weighted by atomic mass is 16.5. The maximum Gasteiger partial charge on any atom is 0.254 e. The Labute approximate surface area is 114 Å². The lowest BCUT2D eigenvalue weighted by Gasteiger charge is -2.22. The number of nitrogens with zero attached hydrogens (tertiary/aromatic N) is 1. The summed E-state index contributed by atoms with van der Waals surface area (Å²) >= 11 is 0. The van der Waals surface area contributed by atoms with Gasteiger partial charge in [-0.2, -0.15) is 0 Å². The minimum atomic E-state index is -0.400. The minimum absolute atomic E-state index is 0.0626. The van der Waals surface area contributed by atoms with E-state index in [4.69, 9.17) is 4.74 Å². The van der Waals surface area contributed by atoms with Crippen LogP contribution in [0.4, 0.5) is 0 Å². The van der Waals surface area contributed by atoms with Gasteiger partial charge in [0, 0.05) is 26.3 Å². The van der Waals surface area contributed by atoms with E-state index in [1.807, 2.05) is 18.2 Å². The minimum Gasteiger partial charge on any atom is -0.391 e. The van der Waals surface area contributed by atoms with Crippen molar-refractivity contribution in [2.45, 2.75) is 25.6 Å². The van der Waals surface area contributed by atoms with E-state index in [1.54, 1.807) is 25.1 Å². The number of likely N-dealkylation sites (N-methyl/N-ethyl adjacent to an activating group) is 1. The zero-order chi connectivity index (χ0) is 13.8. The summed E-state index contributed by atoms with van der Waals surface area (Å²) in [6.45, 7) is 0.811. The average molecular weight is 263 g/mol. The Morgan fingerprint density at radius 1 is 1.47 bits per heavy atom. The van der Waals surface area contributed by atoms with Crippen LogP contribution < -0.4 is 0 Å². The molecule has 0 heterocycles. The maximum absolute atomic E-state index is 12.4. The van der Waals surface area contributed by atoms with Gasteiger partial charge >= 0.3 is 0 Å². The summed E-state index contributed by atoms with van der Waals surface area (Å²) in [5.74, 6) is 0.316. The summed E-state index contributed by atoms with van der Waals surface area (Å²) in [7, 11) is 3.35. The molecule has 104 valence electrons. The summed E-state index contributed by atoms with van der Waals surface area (Å²) in [4.78, 5) is 14.0. The van der Waals surface area contributed by atoms with Crippen LogP contribution in [-0.4, -0.2) is 42.7 Å². The Hall–Kier alpha value is -1.39. The molecule has 4 heteroatoms. The van der Waals surface area contributed by atoms with Crippen LogP contribution >= 0.6 is 0 Å². The van der Waals surface area contributed by atoms with Crippen molar-refractivity contribution in [3.8, 4) is 0 Å². The molecule has 1 amide bonds. The fourth-order valence-electron chi connectivity index (χ4n) is 2.21. The number of benzene rings is 1. The van der Waals surface area contributed by atoms with Crippen molar-refractivity contribution in [2.75, 3.05) is 20.7 Å². The smallest absolute Gasteiger partial charge is 0.254 e. The second-order valence-electron chi connectivity index (χ2n) is 5.18. The van der Waals surface area contributed by atoms with Gasteiger partial charge in [0.15, 0.2) is 0 Å². The van der Waals surface area contributed by atoms with Crippen molar-refractivity contribution in [1.82, 2.24) is 4.90 Å². The molecule has 1 unspecified atom stereocenters. The molecule has 0 aromatic heterocycles. The molecule has 0 saturated heterocycles. The molecule has 4 nitrogen and oxygen atoms in total. The molecule has 1 aromatic carbocycles. The van der Waals surface area contributed by atoms with Crippen molar-refractivity contribution in [1.29, 1.82) is 0 Å². The summed E-state index contributed by atoms with van der Waals surface area (Å²) in [5, 5.41) is 9.91. The van der Waals surface area contributed by atoms with E-state index >= 15 is 0 Å². The van der Waals surface area contributed by atoms with Crippen LogP contribution in [-0.2, 0) is 11.3 Å². The second-order valence-corrected chi connectivity index (χ2v) is 5.18.